The van der Waals surface area contributed by atoms with Crippen LogP contribution in [0.4, 0.5) is 0 Å². The Kier molecular flexibility index (Phi) is 8.16. The van der Waals surface area contributed by atoms with Crippen molar-refractivity contribution >= 4 is 64.6 Å². The zero-order valence-corrected chi connectivity index (χ0v) is 33.1. The lowest BCUT2D eigenvalue weighted by atomic mass is 9.81. The fourth-order valence-corrected chi connectivity index (χ4v) is 9.55. The Balaban J connectivity index is 1.48. The number of benzene rings is 10. The first kappa shape index (κ1) is 34.6. The second kappa shape index (κ2) is 13.4. The van der Waals surface area contributed by atoms with E-state index in [0.717, 1.165) is 66.8 Å². The highest BCUT2D eigenvalue weighted by atomic mass is 16.5. The van der Waals surface area contributed by atoms with Gasteiger partial charge in [0.2, 0.25) is 0 Å². The number of fused-ring (bicyclic) bond motifs is 9. The van der Waals surface area contributed by atoms with E-state index < -0.39 is 0 Å². The van der Waals surface area contributed by atoms with Gasteiger partial charge in [-0.3, -0.25) is 0 Å². The average Bonchev–Trinajstić information content (AvgIpc) is 3.24. The fourth-order valence-electron chi connectivity index (χ4n) is 9.55. The van der Waals surface area contributed by atoms with Gasteiger partial charge in [-0.05, 0) is 143 Å². The lowest BCUT2D eigenvalue weighted by molar-refractivity contribution is 0.417. The van der Waals surface area contributed by atoms with E-state index in [1.165, 1.54) is 65.2 Å². The quantitative estimate of drug-likeness (QED) is 0.159. The maximum atomic E-state index is 6.25. The molecule has 10 aromatic rings. The van der Waals surface area contributed by atoms with E-state index in [0.29, 0.717) is 0 Å². The van der Waals surface area contributed by atoms with Crippen LogP contribution in [0.2, 0.25) is 0 Å². The van der Waals surface area contributed by atoms with Gasteiger partial charge in [-0.25, -0.2) is 0 Å². The van der Waals surface area contributed by atoms with Gasteiger partial charge in [0.1, 0.15) is 17.2 Å². The molecule has 0 aliphatic carbocycles. The standard InChI is InChI=1S/C54H42O3/c1-31-25-41-49-33(3)29-37(50-38-16-10-7-13-34(38)19-22-46(50)55-4)30-45(49)52-42(51(41)43(27-31)53-39-17-11-8-14-35(39)20-23-47(53)56-5)26-32(2)28-44(52)54-40-18-12-9-15-36(40)21-24-48(54)57-6/h7-30H,1-6H3. The lowest BCUT2D eigenvalue weighted by Crippen LogP contribution is -1.97. The van der Waals surface area contributed by atoms with E-state index >= 15 is 0 Å². The molecule has 0 saturated carbocycles. The Morgan fingerprint density at radius 1 is 0.333 bits per heavy atom. The summed E-state index contributed by atoms with van der Waals surface area (Å²) in [6, 6.07) is 52.9. The van der Waals surface area contributed by atoms with Crippen molar-refractivity contribution in [3.05, 3.63) is 162 Å². The van der Waals surface area contributed by atoms with Gasteiger partial charge >= 0.3 is 0 Å². The van der Waals surface area contributed by atoms with Gasteiger partial charge in [0, 0.05) is 16.7 Å². The van der Waals surface area contributed by atoms with Crippen LogP contribution in [0, 0.1) is 20.8 Å². The van der Waals surface area contributed by atoms with Crippen LogP contribution in [-0.2, 0) is 0 Å². The summed E-state index contributed by atoms with van der Waals surface area (Å²) in [5.41, 5.74) is 10.3. The molecule has 10 aromatic carbocycles. The highest BCUT2D eigenvalue weighted by Gasteiger charge is 2.24. The molecule has 0 aliphatic rings. The van der Waals surface area contributed by atoms with Crippen LogP contribution in [0.5, 0.6) is 17.2 Å². The van der Waals surface area contributed by atoms with Crippen LogP contribution < -0.4 is 14.2 Å². The first-order chi connectivity index (χ1) is 27.9. The molecule has 57 heavy (non-hydrogen) atoms. The molecule has 0 N–H and O–H groups in total. The highest BCUT2D eigenvalue weighted by molar-refractivity contribution is 6.34. The number of hydrogen-bond donors (Lipinski definition) is 0. The van der Waals surface area contributed by atoms with E-state index in [1.807, 2.05) is 0 Å². The van der Waals surface area contributed by atoms with Gasteiger partial charge in [0.15, 0.2) is 0 Å². The van der Waals surface area contributed by atoms with Crippen LogP contribution in [0.1, 0.15) is 16.7 Å². The molecule has 0 amide bonds. The maximum Gasteiger partial charge on any atom is 0.127 e. The summed E-state index contributed by atoms with van der Waals surface area (Å²) < 4.78 is 18.6. The monoisotopic (exact) mass is 738 g/mol. The molecule has 0 spiro atoms. The van der Waals surface area contributed by atoms with Gasteiger partial charge in [0.05, 0.1) is 21.3 Å². The van der Waals surface area contributed by atoms with Crippen molar-refractivity contribution in [1.29, 1.82) is 0 Å². The van der Waals surface area contributed by atoms with Crippen LogP contribution >= 0.6 is 0 Å². The van der Waals surface area contributed by atoms with Crippen molar-refractivity contribution in [2.75, 3.05) is 21.3 Å². The smallest absolute Gasteiger partial charge is 0.127 e. The van der Waals surface area contributed by atoms with Gasteiger partial charge < -0.3 is 14.2 Å². The van der Waals surface area contributed by atoms with Crippen LogP contribution in [-0.4, -0.2) is 21.3 Å². The Labute approximate surface area is 332 Å². The molecular formula is C54H42O3. The molecule has 0 atom stereocenters. The number of aryl methyl sites for hydroxylation is 3. The minimum Gasteiger partial charge on any atom is -0.496 e. The number of hydrogen-bond acceptors (Lipinski definition) is 3. The van der Waals surface area contributed by atoms with Gasteiger partial charge in [-0.2, -0.15) is 0 Å². The van der Waals surface area contributed by atoms with Crippen molar-refractivity contribution < 1.29 is 14.2 Å². The summed E-state index contributed by atoms with van der Waals surface area (Å²) in [5.74, 6) is 2.55. The molecule has 0 unspecified atom stereocenters. The maximum absolute atomic E-state index is 6.25. The summed E-state index contributed by atoms with van der Waals surface area (Å²) in [5, 5.41) is 14.2. The number of rotatable bonds is 6. The third-order valence-electron chi connectivity index (χ3n) is 11.9. The van der Waals surface area contributed by atoms with Crippen LogP contribution in [0.25, 0.3) is 98.0 Å². The summed E-state index contributed by atoms with van der Waals surface area (Å²) in [4.78, 5) is 0. The predicted octanol–water partition coefficient (Wildman–Crippen LogP) is 14.6. The van der Waals surface area contributed by atoms with Gasteiger partial charge in [0.25, 0.3) is 0 Å². The molecule has 0 fully saturated rings. The Morgan fingerprint density at radius 3 is 1.18 bits per heavy atom. The first-order valence-electron chi connectivity index (χ1n) is 19.5. The Bertz CT molecular complexity index is 3280. The summed E-state index contributed by atoms with van der Waals surface area (Å²) in [6.45, 7) is 6.69. The summed E-state index contributed by atoms with van der Waals surface area (Å²) in [7, 11) is 5.33. The number of ether oxygens (including phenoxy) is 3. The van der Waals surface area contributed by atoms with Crippen LogP contribution in [0.3, 0.4) is 0 Å². The van der Waals surface area contributed by atoms with E-state index in [-0.39, 0.29) is 0 Å². The van der Waals surface area contributed by atoms with Gasteiger partial charge in [-0.1, -0.05) is 121 Å². The molecule has 0 aromatic heterocycles. The van der Waals surface area contributed by atoms with Crippen molar-refractivity contribution in [1.82, 2.24) is 0 Å². The first-order valence-corrected chi connectivity index (χ1v) is 19.5. The molecule has 3 heteroatoms. The minimum atomic E-state index is 0.845. The summed E-state index contributed by atoms with van der Waals surface area (Å²) in [6.07, 6.45) is 0. The van der Waals surface area contributed by atoms with Crippen LogP contribution in [0.15, 0.2) is 146 Å². The largest absolute Gasteiger partial charge is 0.496 e. The van der Waals surface area contributed by atoms with Crippen molar-refractivity contribution in [3.8, 4) is 50.6 Å². The normalized spacial score (nSPS) is 11.7. The Hall–Kier alpha value is -6.84. The average molecular weight is 739 g/mol. The molecular weight excluding hydrogens is 697 g/mol. The predicted molar refractivity (Wildman–Crippen MR) is 242 cm³/mol. The van der Waals surface area contributed by atoms with Gasteiger partial charge in [-0.15, -0.1) is 0 Å². The summed E-state index contributed by atoms with van der Waals surface area (Å²) >= 11 is 0. The van der Waals surface area contributed by atoms with Crippen molar-refractivity contribution in [2.24, 2.45) is 0 Å². The third kappa shape index (κ3) is 5.33. The molecule has 0 saturated heterocycles. The third-order valence-corrected chi connectivity index (χ3v) is 11.9. The van der Waals surface area contributed by atoms with E-state index in [9.17, 15) is 0 Å². The Morgan fingerprint density at radius 2 is 0.719 bits per heavy atom. The second-order valence-electron chi connectivity index (χ2n) is 15.3. The minimum absolute atomic E-state index is 0.845. The zero-order chi connectivity index (χ0) is 38.9. The van der Waals surface area contributed by atoms with Crippen molar-refractivity contribution in [2.45, 2.75) is 20.8 Å². The number of methoxy groups -OCH3 is 3. The van der Waals surface area contributed by atoms with Crippen molar-refractivity contribution in [3.63, 3.8) is 0 Å². The molecule has 0 radical (unpaired) electrons. The van der Waals surface area contributed by atoms with E-state index in [2.05, 4.69) is 166 Å². The molecule has 10 rings (SSSR count). The SMILES string of the molecule is COc1ccc2ccccc2c1-c1cc(C)c2c3cc(C)cc(-c4c(OC)ccc5ccccc45)c3c3cc(C)cc(-c4c(OC)ccc5ccccc45)c3c2c1. The molecule has 0 bridgehead atoms. The fraction of sp³-hybridized carbons (Fsp3) is 0.111. The lowest BCUT2D eigenvalue weighted by Gasteiger charge is -2.23. The zero-order valence-electron chi connectivity index (χ0n) is 33.1. The molecule has 0 aliphatic heterocycles. The van der Waals surface area contributed by atoms with E-state index in [4.69, 9.17) is 14.2 Å². The highest BCUT2D eigenvalue weighted by Crippen LogP contribution is 2.51. The molecule has 3 nitrogen and oxygen atoms in total. The van der Waals surface area contributed by atoms with E-state index in [1.54, 1.807) is 21.3 Å². The molecule has 0 heterocycles. The molecule has 276 valence electrons. The topological polar surface area (TPSA) is 27.7 Å². The second-order valence-corrected chi connectivity index (χ2v) is 15.3.